The molecule has 0 saturated carbocycles. The van der Waals surface area contributed by atoms with Gasteiger partial charge in [-0.2, -0.15) is 0 Å². The number of nitrogens with zero attached hydrogens (tertiary/aromatic N) is 2. The summed E-state index contributed by atoms with van der Waals surface area (Å²) in [7, 11) is 1.59. The Hall–Kier alpha value is -1.25. The van der Waals surface area contributed by atoms with Crippen LogP contribution in [0.1, 0.15) is 0 Å². The number of imidazole rings is 1. The summed E-state index contributed by atoms with van der Waals surface area (Å²) in [6.45, 7) is 1.09. The van der Waals surface area contributed by atoms with Crippen molar-refractivity contribution in [3.05, 3.63) is 21.5 Å². The number of rotatable bonds is 5. The summed E-state index contributed by atoms with van der Waals surface area (Å²) in [4.78, 5) is 19.0. The average molecular weight is 345 g/mol. The van der Waals surface area contributed by atoms with E-state index in [0.717, 1.165) is 9.99 Å². The van der Waals surface area contributed by atoms with E-state index in [1.807, 2.05) is 6.07 Å². The van der Waals surface area contributed by atoms with Crippen molar-refractivity contribution in [2.75, 3.05) is 20.3 Å². The maximum absolute atomic E-state index is 11.8. The Morgan fingerprint density at radius 1 is 1.68 bits per heavy atom. The van der Waals surface area contributed by atoms with E-state index < -0.39 is 0 Å². The van der Waals surface area contributed by atoms with E-state index in [4.69, 9.17) is 17.0 Å². The summed E-state index contributed by atoms with van der Waals surface area (Å²) >= 11 is 8.54. The number of aromatic nitrogens is 3. The van der Waals surface area contributed by atoms with Crippen molar-refractivity contribution in [3.8, 4) is 0 Å². The van der Waals surface area contributed by atoms with E-state index in [9.17, 15) is 4.79 Å². The van der Waals surface area contributed by atoms with E-state index in [1.165, 1.54) is 0 Å². The molecule has 2 heterocycles. The topological polar surface area (TPSA) is 71.9 Å². The molecule has 102 valence electrons. The number of aromatic amines is 1. The number of ether oxygens (including phenoxy) is 1. The smallest absolute Gasteiger partial charge is 0.240 e. The minimum absolute atomic E-state index is 0.126. The lowest BCUT2D eigenvalue weighted by Crippen LogP contribution is -2.30. The fourth-order valence-electron chi connectivity index (χ4n) is 1.66. The number of amides is 1. The summed E-state index contributed by atoms with van der Waals surface area (Å²) in [6.07, 6.45) is 1.67. The number of pyridine rings is 1. The molecule has 0 radical (unpaired) electrons. The van der Waals surface area contributed by atoms with Gasteiger partial charge < -0.3 is 15.0 Å². The third-order valence-electron chi connectivity index (χ3n) is 2.51. The van der Waals surface area contributed by atoms with Crippen molar-refractivity contribution in [3.63, 3.8) is 0 Å². The van der Waals surface area contributed by atoms with Gasteiger partial charge in [0.1, 0.15) is 6.54 Å². The molecule has 1 amide bonds. The Kier molecular flexibility index (Phi) is 4.67. The van der Waals surface area contributed by atoms with Crippen LogP contribution in [0.5, 0.6) is 0 Å². The number of methoxy groups -OCH3 is 1. The molecule has 2 rings (SSSR count). The predicted molar refractivity (Wildman–Crippen MR) is 77.5 cm³/mol. The molecular weight excluding hydrogens is 332 g/mol. The molecule has 0 aliphatic carbocycles. The Morgan fingerprint density at radius 2 is 2.47 bits per heavy atom. The van der Waals surface area contributed by atoms with Gasteiger partial charge >= 0.3 is 0 Å². The molecule has 8 heteroatoms. The van der Waals surface area contributed by atoms with E-state index >= 15 is 0 Å². The van der Waals surface area contributed by atoms with Gasteiger partial charge in [-0.3, -0.25) is 9.36 Å². The highest BCUT2D eigenvalue weighted by atomic mass is 79.9. The summed E-state index contributed by atoms with van der Waals surface area (Å²) in [5.41, 5.74) is 1.46. The normalized spacial score (nSPS) is 10.8. The molecule has 0 saturated heterocycles. The highest BCUT2D eigenvalue weighted by Crippen LogP contribution is 2.16. The van der Waals surface area contributed by atoms with Gasteiger partial charge in [0.2, 0.25) is 5.91 Å². The zero-order chi connectivity index (χ0) is 13.8. The summed E-state index contributed by atoms with van der Waals surface area (Å²) in [5, 5.41) is 2.74. The fraction of sp³-hybridized carbons (Fsp3) is 0.364. The first kappa shape index (κ1) is 14.2. The number of carbonyl (C=O) groups is 1. The van der Waals surface area contributed by atoms with Crippen LogP contribution in [-0.4, -0.2) is 40.7 Å². The monoisotopic (exact) mass is 344 g/mol. The molecule has 0 unspecified atom stereocenters. The molecule has 2 N–H and O–H groups in total. The molecule has 0 aliphatic heterocycles. The molecule has 0 aliphatic rings. The van der Waals surface area contributed by atoms with Crippen LogP contribution < -0.4 is 5.32 Å². The van der Waals surface area contributed by atoms with Crippen LogP contribution in [0.2, 0.25) is 0 Å². The first-order chi connectivity index (χ1) is 9.11. The van der Waals surface area contributed by atoms with Crippen LogP contribution in [0.4, 0.5) is 0 Å². The summed E-state index contributed by atoms with van der Waals surface area (Å²) in [5.74, 6) is -0.126. The Morgan fingerprint density at radius 3 is 3.21 bits per heavy atom. The largest absolute Gasteiger partial charge is 0.383 e. The molecule has 0 bridgehead atoms. The number of H-pyrrole nitrogens is 1. The molecule has 2 aromatic heterocycles. The van der Waals surface area contributed by atoms with Gasteiger partial charge in [-0.05, 0) is 34.2 Å². The predicted octanol–water partition coefficient (Wildman–Crippen LogP) is 1.62. The number of carbonyl (C=O) groups excluding carboxylic acids is 1. The quantitative estimate of drug-likeness (QED) is 0.638. The number of hydrogen-bond donors (Lipinski definition) is 2. The van der Waals surface area contributed by atoms with Crippen LogP contribution in [0.3, 0.4) is 0 Å². The molecule has 0 spiro atoms. The van der Waals surface area contributed by atoms with Crippen LogP contribution >= 0.6 is 28.1 Å². The van der Waals surface area contributed by atoms with Gasteiger partial charge in [0, 0.05) is 24.3 Å². The lowest BCUT2D eigenvalue weighted by molar-refractivity contribution is -0.121. The van der Waals surface area contributed by atoms with Gasteiger partial charge in [-0.25, -0.2) is 4.98 Å². The molecule has 2 aromatic rings. The highest BCUT2D eigenvalue weighted by Gasteiger charge is 2.09. The van der Waals surface area contributed by atoms with Crippen LogP contribution in [0.15, 0.2) is 16.7 Å². The highest BCUT2D eigenvalue weighted by molar-refractivity contribution is 9.10. The van der Waals surface area contributed by atoms with Crippen LogP contribution in [-0.2, 0) is 16.1 Å². The summed E-state index contributed by atoms with van der Waals surface area (Å²) < 4.78 is 7.86. The van der Waals surface area contributed by atoms with Crippen LogP contribution in [0.25, 0.3) is 11.2 Å². The standard InChI is InChI=1S/C11H13BrN4O2S/c1-18-3-2-13-9(17)6-16-10-8(15-11(16)19)4-7(12)5-14-10/h4-5H,2-3,6H2,1H3,(H,13,17)(H,15,19). The summed E-state index contributed by atoms with van der Waals surface area (Å²) in [6, 6.07) is 1.87. The molecule has 0 aromatic carbocycles. The number of halogens is 1. The second-order valence-corrected chi connectivity index (χ2v) is 5.19. The van der Waals surface area contributed by atoms with Crippen molar-refractivity contribution < 1.29 is 9.53 Å². The molecule has 0 fully saturated rings. The van der Waals surface area contributed by atoms with Gasteiger partial charge in [-0.15, -0.1) is 0 Å². The fourth-order valence-corrected chi connectivity index (χ4v) is 2.25. The van der Waals surface area contributed by atoms with E-state index in [2.05, 4.69) is 31.2 Å². The van der Waals surface area contributed by atoms with Gasteiger partial charge in [-0.1, -0.05) is 0 Å². The van der Waals surface area contributed by atoms with E-state index in [-0.39, 0.29) is 12.5 Å². The van der Waals surface area contributed by atoms with Crippen molar-refractivity contribution >= 4 is 45.2 Å². The average Bonchev–Trinajstić information content (AvgIpc) is 2.65. The maximum atomic E-state index is 11.8. The lowest BCUT2D eigenvalue weighted by Gasteiger charge is -2.05. The third kappa shape index (κ3) is 3.40. The number of nitrogens with one attached hydrogen (secondary N) is 2. The lowest BCUT2D eigenvalue weighted by atomic mass is 10.4. The zero-order valence-electron chi connectivity index (χ0n) is 10.3. The Labute approximate surface area is 123 Å². The van der Waals surface area contributed by atoms with Crippen molar-refractivity contribution in [1.29, 1.82) is 0 Å². The van der Waals surface area contributed by atoms with Gasteiger partial charge in [0.15, 0.2) is 10.4 Å². The van der Waals surface area contributed by atoms with Crippen molar-refractivity contribution in [2.24, 2.45) is 0 Å². The minimum atomic E-state index is -0.126. The first-order valence-corrected chi connectivity index (χ1v) is 6.81. The molecule has 19 heavy (non-hydrogen) atoms. The zero-order valence-corrected chi connectivity index (χ0v) is 12.7. The Balaban J connectivity index is 2.18. The minimum Gasteiger partial charge on any atom is -0.383 e. The second-order valence-electron chi connectivity index (χ2n) is 3.88. The Bertz CT molecular complexity index is 652. The molecule has 0 atom stereocenters. The molecular formula is C11H13BrN4O2S. The van der Waals surface area contributed by atoms with Crippen molar-refractivity contribution in [1.82, 2.24) is 19.9 Å². The van der Waals surface area contributed by atoms with Crippen LogP contribution in [0, 0.1) is 4.77 Å². The number of fused-ring (bicyclic) bond motifs is 1. The van der Waals surface area contributed by atoms with E-state index in [0.29, 0.717) is 23.6 Å². The van der Waals surface area contributed by atoms with Gasteiger partial charge in [0.05, 0.1) is 12.1 Å². The van der Waals surface area contributed by atoms with Crippen molar-refractivity contribution in [2.45, 2.75) is 6.54 Å². The second kappa shape index (κ2) is 6.27. The van der Waals surface area contributed by atoms with Gasteiger partial charge in [0.25, 0.3) is 0 Å². The number of hydrogen-bond acceptors (Lipinski definition) is 4. The molecule has 6 nitrogen and oxygen atoms in total. The van der Waals surface area contributed by atoms with E-state index in [1.54, 1.807) is 17.9 Å². The SMILES string of the molecule is COCCNC(=O)Cn1c(=S)[nH]c2cc(Br)cnc21. The maximum Gasteiger partial charge on any atom is 0.240 e. The third-order valence-corrected chi connectivity index (χ3v) is 3.26. The first-order valence-electron chi connectivity index (χ1n) is 5.61.